The Labute approximate surface area is 363 Å². The summed E-state index contributed by atoms with van der Waals surface area (Å²) in [7, 11) is 0. The largest absolute Gasteiger partial charge is 0.308 e. The van der Waals surface area contributed by atoms with Crippen molar-refractivity contribution in [2.24, 2.45) is 0 Å². The van der Waals surface area contributed by atoms with Crippen molar-refractivity contribution in [1.29, 1.82) is 0 Å². The van der Waals surface area contributed by atoms with E-state index in [9.17, 15) is 0 Å². The van der Waals surface area contributed by atoms with E-state index in [-0.39, 0.29) is 6.04 Å². The Morgan fingerprint density at radius 2 is 0.742 bits per heavy atom. The SMILES string of the molecule is c1ccc(C2=C3c4ccccc4C(N(c4ccc(-c5ccccc5)cc4)c4cc(-c5ccccc5)cc(-c5ccccc5)c4)=C(c4ccccc4)N3NC2c2ccccc2)cc1. The third kappa shape index (κ3) is 6.81. The Kier molecular flexibility index (Phi) is 9.70. The van der Waals surface area contributed by atoms with E-state index in [1.807, 2.05) is 0 Å². The van der Waals surface area contributed by atoms with E-state index in [2.05, 4.69) is 264 Å². The fourth-order valence-electron chi connectivity index (χ4n) is 9.16. The molecule has 0 saturated heterocycles. The van der Waals surface area contributed by atoms with Gasteiger partial charge in [-0.3, -0.25) is 5.01 Å². The Morgan fingerprint density at radius 3 is 1.27 bits per heavy atom. The summed E-state index contributed by atoms with van der Waals surface area (Å²) in [6.45, 7) is 0. The zero-order valence-electron chi connectivity index (χ0n) is 34.1. The molecule has 1 atom stereocenters. The maximum Gasteiger partial charge on any atom is 0.0897 e. The van der Waals surface area contributed by atoms with Crippen LogP contribution >= 0.6 is 0 Å². The van der Waals surface area contributed by atoms with E-state index in [4.69, 9.17) is 0 Å². The number of hydrazine groups is 1. The summed E-state index contributed by atoms with van der Waals surface area (Å²) in [5.74, 6) is 0. The lowest BCUT2D eigenvalue weighted by Crippen LogP contribution is -2.36. The highest BCUT2D eigenvalue weighted by molar-refractivity contribution is 6.12. The summed E-state index contributed by atoms with van der Waals surface area (Å²) >= 11 is 0. The Morgan fingerprint density at radius 1 is 0.323 bits per heavy atom. The molecule has 11 rings (SSSR count). The fraction of sp³-hybridized carbons (Fsp3) is 0.0169. The molecule has 2 aliphatic heterocycles. The van der Waals surface area contributed by atoms with E-state index in [1.165, 1.54) is 33.4 Å². The van der Waals surface area contributed by atoms with Gasteiger partial charge in [0, 0.05) is 33.6 Å². The summed E-state index contributed by atoms with van der Waals surface area (Å²) < 4.78 is 0. The van der Waals surface area contributed by atoms with Crippen LogP contribution in [0.3, 0.4) is 0 Å². The minimum atomic E-state index is -0.107. The van der Waals surface area contributed by atoms with Crippen LogP contribution in [-0.2, 0) is 0 Å². The van der Waals surface area contributed by atoms with Crippen LogP contribution in [0.15, 0.2) is 249 Å². The predicted octanol–water partition coefficient (Wildman–Crippen LogP) is 14.8. The van der Waals surface area contributed by atoms with Crippen molar-refractivity contribution >= 4 is 34.0 Å². The Hall–Kier alpha value is -7.98. The number of hydrogen-bond acceptors (Lipinski definition) is 3. The lowest BCUT2D eigenvalue weighted by molar-refractivity contribution is 0.403. The molecule has 0 aliphatic carbocycles. The number of fused-ring (bicyclic) bond motifs is 3. The van der Waals surface area contributed by atoms with Crippen LogP contribution in [-0.4, -0.2) is 5.01 Å². The molecule has 0 aromatic heterocycles. The van der Waals surface area contributed by atoms with Gasteiger partial charge in [-0.2, -0.15) is 0 Å². The molecule has 0 fully saturated rings. The Bertz CT molecular complexity index is 2990. The number of nitrogens with one attached hydrogen (secondary N) is 1. The molecule has 1 unspecified atom stereocenters. The standard InChI is InChI=1S/C59H43N3/c1-7-21-42(22-8-1)45-35-37-51(38-36-45)61(52-40-49(43-23-9-2-10-24-43)39-50(41-52)44-25-11-3-12-26-44)59-54-34-20-19-33-53(54)58-55(46-27-13-4-14-28-46)56(47-29-15-5-16-30-47)60-62(58)57(59)48-31-17-6-18-32-48/h1-41,56,60H. The second kappa shape index (κ2) is 16.2. The quantitative estimate of drug-likeness (QED) is 0.157. The molecule has 9 aromatic rings. The van der Waals surface area contributed by atoms with Gasteiger partial charge in [0.25, 0.3) is 0 Å². The average Bonchev–Trinajstić information content (AvgIpc) is 3.77. The number of nitrogens with zero attached hydrogens (tertiary/aromatic N) is 2. The summed E-state index contributed by atoms with van der Waals surface area (Å²) in [6, 6.07) is 89.7. The van der Waals surface area contributed by atoms with E-state index < -0.39 is 0 Å². The number of anilines is 2. The van der Waals surface area contributed by atoms with Crippen LogP contribution in [0.2, 0.25) is 0 Å². The molecule has 294 valence electrons. The zero-order valence-corrected chi connectivity index (χ0v) is 34.1. The molecule has 1 N–H and O–H groups in total. The molecule has 3 nitrogen and oxygen atoms in total. The molecule has 62 heavy (non-hydrogen) atoms. The van der Waals surface area contributed by atoms with Crippen molar-refractivity contribution in [1.82, 2.24) is 10.4 Å². The molecule has 0 radical (unpaired) electrons. The fourth-order valence-corrected chi connectivity index (χ4v) is 9.16. The number of benzene rings is 9. The maximum absolute atomic E-state index is 4.11. The van der Waals surface area contributed by atoms with Gasteiger partial charge < -0.3 is 4.90 Å². The first-order chi connectivity index (χ1) is 30.8. The van der Waals surface area contributed by atoms with Crippen LogP contribution in [0.4, 0.5) is 11.4 Å². The van der Waals surface area contributed by atoms with Gasteiger partial charge in [-0.25, -0.2) is 5.43 Å². The molecule has 0 amide bonds. The normalized spacial score (nSPS) is 14.4. The second-order valence-electron chi connectivity index (χ2n) is 15.8. The van der Waals surface area contributed by atoms with Crippen molar-refractivity contribution in [2.75, 3.05) is 4.90 Å². The molecule has 0 saturated carbocycles. The third-order valence-electron chi connectivity index (χ3n) is 12.0. The van der Waals surface area contributed by atoms with Gasteiger partial charge in [0.1, 0.15) is 0 Å². The van der Waals surface area contributed by atoms with Crippen LogP contribution in [0.5, 0.6) is 0 Å². The first kappa shape index (κ1) is 37.1. The van der Waals surface area contributed by atoms with Gasteiger partial charge in [-0.1, -0.05) is 218 Å². The summed E-state index contributed by atoms with van der Waals surface area (Å²) in [5, 5.41) is 2.39. The first-order valence-corrected chi connectivity index (χ1v) is 21.3. The average molecular weight is 794 g/mol. The number of rotatable bonds is 9. The van der Waals surface area contributed by atoms with Crippen LogP contribution in [0.25, 0.3) is 56.0 Å². The van der Waals surface area contributed by atoms with Gasteiger partial charge >= 0.3 is 0 Å². The zero-order chi connectivity index (χ0) is 41.2. The molecular weight excluding hydrogens is 751 g/mol. The van der Waals surface area contributed by atoms with E-state index in [0.29, 0.717) is 0 Å². The van der Waals surface area contributed by atoms with E-state index >= 15 is 0 Å². The third-order valence-corrected chi connectivity index (χ3v) is 12.0. The van der Waals surface area contributed by atoms with Crippen LogP contribution < -0.4 is 10.3 Å². The molecule has 3 heteroatoms. The maximum atomic E-state index is 4.11. The monoisotopic (exact) mass is 793 g/mol. The summed E-state index contributed by atoms with van der Waals surface area (Å²) in [5.41, 5.74) is 23.6. The topological polar surface area (TPSA) is 18.5 Å². The second-order valence-corrected chi connectivity index (χ2v) is 15.8. The van der Waals surface area contributed by atoms with Gasteiger partial charge in [0.2, 0.25) is 0 Å². The highest BCUT2D eigenvalue weighted by atomic mass is 15.6. The minimum Gasteiger partial charge on any atom is -0.308 e. The van der Waals surface area contributed by atoms with Gasteiger partial charge in [-0.05, 0) is 74.8 Å². The van der Waals surface area contributed by atoms with Crippen molar-refractivity contribution in [2.45, 2.75) is 6.04 Å². The van der Waals surface area contributed by atoms with Crippen molar-refractivity contribution in [3.63, 3.8) is 0 Å². The lowest BCUT2D eigenvalue weighted by atomic mass is 9.86. The minimum absolute atomic E-state index is 0.107. The van der Waals surface area contributed by atoms with Crippen molar-refractivity contribution in [3.05, 3.63) is 277 Å². The molecule has 0 bridgehead atoms. The molecular formula is C59H43N3. The first-order valence-electron chi connectivity index (χ1n) is 21.3. The molecule has 0 spiro atoms. The van der Waals surface area contributed by atoms with Gasteiger partial charge in [0.05, 0.1) is 23.1 Å². The lowest BCUT2D eigenvalue weighted by Gasteiger charge is -2.40. The van der Waals surface area contributed by atoms with E-state index in [0.717, 1.165) is 61.8 Å². The van der Waals surface area contributed by atoms with Crippen molar-refractivity contribution < 1.29 is 0 Å². The van der Waals surface area contributed by atoms with Crippen LogP contribution in [0, 0.1) is 0 Å². The summed E-state index contributed by atoms with van der Waals surface area (Å²) in [4.78, 5) is 2.49. The number of hydrogen-bond donors (Lipinski definition) is 1. The predicted molar refractivity (Wildman–Crippen MR) is 258 cm³/mol. The highest BCUT2D eigenvalue weighted by Crippen LogP contribution is 2.54. The van der Waals surface area contributed by atoms with Gasteiger partial charge in [-0.15, -0.1) is 0 Å². The molecule has 2 heterocycles. The van der Waals surface area contributed by atoms with Gasteiger partial charge in [0.15, 0.2) is 0 Å². The smallest absolute Gasteiger partial charge is 0.0897 e. The Balaban J connectivity index is 1.23. The van der Waals surface area contributed by atoms with E-state index in [1.54, 1.807) is 0 Å². The highest BCUT2D eigenvalue weighted by Gasteiger charge is 2.42. The van der Waals surface area contributed by atoms with Crippen molar-refractivity contribution in [3.8, 4) is 33.4 Å². The van der Waals surface area contributed by atoms with Crippen LogP contribution in [0.1, 0.15) is 33.9 Å². The summed E-state index contributed by atoms with van der Waals surface area (Å²) in [6.07, 6.45) is 0. The molecule has 2 aliphatic rings. The molecule has 9 aromatic carbocycles.